The summed E-state index contributed by atoms with van der Waals surface area (Å²) in [7, 11) is 2.94. The SMILES string of the molecule is CC[C@@H](C)[C@@H]1NC(=O)[C@H](Cc2ccc(OC)cc2)N(C)C(=O)[C@H]([C@@H](C)CC)N2C(=O)[C@H](CC[C@H]2O)NC(=O)[C@H](CC(C)C)NC(=O)[C@@H]2[C@H](OC1=O)[C@H](C)CN2C(=O)[C@H](CCCNC(N)=O)NC(C)=O. The summed E-state index contributed by atoms with van der Waals surface area (Å²) in [5.41, 5.74) is 5.85. The van der Waals surface area contributed by atoms with Gasteiger partial charge in [-0.15, -0.1) is 0 Å². The second kappa shape index (κ2) is 25.0. The Morgan fingerprint density at radius 1 is 0.913 bits per heavy atom. The summed E-state index contributed by atoms with van der Waals surface area (Å²) >= 11 is 0. The number of rotatable bonds is 15. The highest BCUT2D eigenvalue weighted by Gasteiger charge is 2.52. The topological polar surface area (TPSA) is 288 Å². The van der Waals surface area contributed by atoms with E-state index in [4.69, 9.17) is 15.2 Å². The van der Waals surface area contributed by atoms with E-state index in [0.29, 0.717) is 24.2 Å². The monoisotopic (exact) mass is 970 g/mol. The van der Waals surface area contributed by atoms with Crippen molar-refractivity contribution in [1.82, 2.24) is 41.3 Å². The molecule has 21 heteroatoms. The third kappa shape index (κ3) is 14.1. The zero-order valence-corrected chi connectivity index (χ0v) is 41.7. The molecule has 0 radical (unpaired) electrons. The molecule has 12 atom stereocenters. The zero-order chi connectivity index (χ0) is 51.4. The Kier molecular flexibility index (Phi) is 20.2. The van der Waals surface area contributed by atoms with Gasteiger partial charge in [0, 0.05) is 39.4 Å². The van der Waals surface area contributed by atoms with Crippen LogP contribution in [0, 0.1) is 23.7 Å². The molecule has 0 unspecified atom stereocenters. The summed E-state index contributed by atoms with van der Waals surface area (Å²) in [5, 5.41) is 25.0. The minimum atomic E-state index is -1.56. The molecule has 0 aromatic heterocycles. The number of likely N-dealkylation sites (N-methyl/N-ethyl adjacent to an activating group) is 1. The predicted molar refractivity (Wildman–Crippen MR) is 252 cm³/mol. The Morgan fingerprint density at radius 2 is 1.57 bits per heavy atom. The van der Waals surface area contributed by atoms with E-state index in [-0.39, 0.29) is 57.5 Å². The number of aliphatic hydroxyl groups is 1. The van der Waals surface area contributed by atoms with Gasteiger partial charge in [-0.25, -0.2) is 9.59 Å². The number of primary amides is 1. The maximum absolute atomic E-state index is 15.0. The third-order valence-corrected chi connectivity index (χ3v) is 13.6. The number of fused-ring (bicyclic) bond motifs is 3. The molecule has 384 valence electrons. The van der Waals surface area contributed by atoms with E-state index in [1.165, 1.54) is 30.9 Å². The molecular weight excluding hydrogens is 895 g/mol. The number of hydrogen-bond donors (Lipinski definition) is 7. The summed E-state index contributed by atoms with van der Waals surface area (Å²) in [4.78, 5) is 130. The van der Waals surface area contributed by atoms with Gasteiger partial charge in [0.05, 0.1) is 7.11 Å². The summed E-state index contributed by atoms with van der Waals surface area (Å²) in [6.07, 6.45) is -1.77. The summed E-state index contributed by atoms with van der Waals surface area (Å²) in [6.45, 7) is 13.6. The summed E-state index contributed by atoms with van der Waals surface area (Å²) in [5.74, 6) is -7.34. The van der Waals surface area contributed by atoms with E-state index in [2.05, 4.69) is 26.6 Å². The number of ether oxygens (including phenoxy) is 2. The lowest BCUT2D eigenvalue weighted by Gasteiger charge is -2.44. The van der Waals surface area contributed by atoms with E-state index in [1.807, 2.05) is 27.7 Å². The first-order valence-corrected chi connectivity index (χ1v) is 24.2. The van der Waals surface area contributed by atoms with Gasteiger partial charge in [0.25, 0.3) is 0 Å². The van der Waals surface area contributed by atoms with Crippen LogP contribution in [0.25, 0.3) is 0 Å². The van der Waals surface area contributed by atoms with Crippen LogP contribution < -0.4 is 37.1 Å². The molecule has 2 bridgehead atoms. The van der Waals surface area contributed by atoms with Crippen LogP contribution in [0.1, 0.15) is 106 Å². The van der Waals surface area contributed by atoms with Gasteiger partial charge in [-0.3, -0.25) is 33.6 Å². The molecule has 3 aliphatic heterocycles. The minimum Gasteiger partial charge on any atom is -0.497 e. The van der Waals surface area contributed by atoms with Gasteiger partial charge in [-0.05, 0) is 67.6 Å². The molecule has 3 heterocycles. The number of methoxy groups -OCH3 is 1. The van der Waals surface area contributed by atoms with Crippen molar-refractivity contribution in [3.8, 4) is 5.75 Å². The van der Waals surface area contributed by atoms with E-state index >= 15 is 4.79 Å². The molecule has 0 spiro atoms. The second-order valence-corrected chi connectivity index (χ2v) is 19.3. The maximum Gasteiger partial charge on any atom is 0.329 e. The molecule has 3 aliphatic rings. The molecule has 0 saturated carbocycles. The van der Waals surface area contributed by atoms with Crippen molar-refractivity contribution in [2.45, 2.75) is 161 Å². The van der Waals surface area contributed by atoms with Crippen LogP contribution in [0.3, 0.4) is 0 Å². The molecule has 3 fully saturated rings. The number of piperidine rings is 1. The fourth-order valence-corrected chi connectivity index (χ4v) is 9.27. The van der Waals surface area contributed by atoms with Gasteiger partial charge in [0.1, 0.15) is 60.4 Å². The Labute approximate surface area is 405 Å². The van der Waals surface area contributed by atoms with Gasteiger partial charge in [0.2, 0.25) is 41.4 Å². The number of urea groups is 1. The van der Waals surface area contributed by atoms with Crippen molar-refractivity contribution in [3.05, 3.63) is 29.8 Å². The van der Waals surface area contributed by atoms with Crippen molar-refractivity contribution in [3.63, 3.8) is 0 Å². The number of likely N-dealkylation sites (tertiary alicyclic amines) is 1. The molecule has 21 nitrogen and oxygen atoms in total. The van der Waals surface area contributed by atoms with Gasteiger partial charge in [-0.2, -0.15) is 0 Å². The largest absolute Gasteiger partial charge is 0.497 e. The zero-order valence-electron chi connectivity index (χ0n) is 41.7. The lowest BCUT2D eigenvalue weighted by Crippen LogP contribution is -2.66. The van der Waals surface area contributed by atoms with Crippen LogP contribution in [-0.4, -0.2) is 155 Å². The molecule has 9 amide bonds. The molecule has 8 N–H and O–H groups in total. The van der Waals surface area contributed by atoms with Crippen LogP contribution in [0.5, 0.6) is 5.75 Å². The van der Waals surface area contributed by atoms with E-state index < -0.39 is 126 Å². The molecule has 1 aromatic rings. The third-order valence-electron chi connectivity index (χ3n) is 13.6. The number of aliphatic hydroxyl groups excluding tert-OH is 1. The van der Waals surface area contributed by atoms with Crippen molar-refractivity contribution in [1.29, 1.82) is 0 Å². The van der Waals surface area contributed by atoms with E-state index in [0.717, 1.165) is 4.90 Å². The van der Waals surface area contributed by atoms with Gasteiger partial charge < -0.3 is 61.6 Å². The normalized spacial score (nSPS) is 27.6. The number of benzene rings is 1. The highest BCUT2D eigenvalue weighted by molar-refractivity contribution is 5.98. The number of hydrogen-bond acceptors (Lipinski definition) is 12. The molecular formula is C48H75N9O12. The predicted octanol–water partition coefficient (Wildman–Crippen LogP) is 0.692. The highest BCUT2D eigenvalue weighted by atomic mass is 16.5. The van der Waals surface area contributed by atoms with Crippen molar-refractivity contribution < 1.29 is 57.7 Å². The Hall–Kier alpha value is -5.99. The van der Waals surface area contributed by atoms with Gasteiger partial charge >= 0.3 is 12.0 Å². The fraction of sp³-hybridized carbons (Fsp3) is 0.688. The van der Waals surface area contributed by atoms with Gasteiger partial charge in [0.15, 0.2) is 0 Å². The van der Waals surface area contributed by atoms with E-state index in [9.17, 15) is 43.5 Å². The first-order valence-electron chi connectivity index (χ1n) is 24.2. The van der Waals surface area contributed by atoms with Crippen LogP contribution in [-0.2, 0) is 49.5 Å². The standard InChI is InChI=1S/C48H75N9O12/c1-11-26(5)37-47(66)69-40-28(7)24-56(44(63)32(51-29(8)58)14-13-21-50-48(49)67)39(40)43(62)53-34(22-25(3)4)41(60)52-33-19-20-36(59)57(45(33)64)38(27(6)12-2)46(65)55(9)35(42(61)54-37)23-30-15-17-31(68-10)18-16-30/h15-18,25-28,32-40,59H,11-14,19-24H2,1-10H3,(H,51,58)(H,52,60)(H,53,62)(H,54,61)(H3,49,50,67)/t26-,27+,28-,32+,33+,34+,35+,36-,37+,38+,39+,40-/m1/s1. The summed E-state index contributed by atoms with van der Waals surface area (Å²) < 4.78 is 11.6. The number of carbonyl (C=O) groups is 9. The number of nitrogens with two attached hydrogens (primary N) is 1. The number of esters is 1. The number of nitrogens with one attached hydrogen (secondary N) is 5. The smallest absolute Gasteiger partial charge is 0.329 e. The van der Waals surface area contributed by atoms with Crippen LogP contribution in [0.2, 0.25) is 0 Å². The maximum atomic E-state index is 15.0. The second-order valence-electron chi connectivity index (χ2n) is 19.3. The lowest BCUT2D eigenvalue weighted by atomic mass is 9.91. The molecule has 4 rings (SSSR count). The number of nitrogens with zero attached hydrogens (tertiary/aromatic N) is 3. The lowest BCUT2D eigenvalue weighted by molar-refractivity contribution is -0.168. The first kappa shape index (κ1) is 55.6. The molecule has 0 aliphatic carbocycles. The Bertz CT molecular complexity index is 2020. The van der Waals surface area contributed by atoms with Gasteiger partial charge in [-0.1, -0.05) is 73.4 Å². The number of amides is 9. The van der Waals surface area contributed by atoms with Crippen molar-refractivity contribution >= 4 is 53.4 Å². The Morgan fingerprint density at radius 3 is 2.14 bits per heavy atom. The number of carbonyl (C=O) groups excluding carboxylic acids is 9. The first-order chi connectivity index (χ1) is 32.5. The van der Waals surface area contributed by atoms with Crippen LogP contribution in [0.4, 0.5) is 4.79 Å². The van der Waals surface area contributed by atoms with Crippen LogP contribution >= 0.6 is 0 Å². The van der Waals surface area contributed by atoms with Crippen LogP contribution in [0.15, 0.2) is 24.3 Å². The quantitative estimate of drug-likeness (QED) is 0.0945. The highest BCUT2D eigenvalue weighted by Crippen LogP contribution is 2.31. The van der Waals surface area contributed by atoms with E-state index in [1.54, 1.807) is 45.0 Å². The average Bonchev–Trinajstić information content (AvgIpc) is 3.63. The van der Waals surface area contributed by atoms with Crippen molar-refractivity contribution in [2.24, 2.45) is 29.4 Å². The summed E-state index contributed by atoms with van der Waals surface area (Å²) in [6, 6.07) is -3.09. The molecule has 69 heavy (non-hydrogen) atoms. The minimum absolute atomic E-state index is 0.00128. The average molecular weight is 970 g/mol. The molecule has 1 aromatic carbocycles. The van der Waals surface area contributed by atoms with Crippen molar-refractivity contribution in [2.75, 3.05) is 27.2 Å². The molecule has 3 saturated heterocycles. The Balaban J connectivity index is 1.91. The fourth-order valence-electron chi connectivity index (χ4n) is 9.27.